The van der Waals surface area contributed by atoms with Crippen LogP contribution in [-0.2, 0) is 0 Å². The Bertz CT molecular complexity index is 2200. The number of para-hydroxylation sites is 3. The quantitative estimate of drug-likeness (QED) is 0.176. The number of hydrogen-bond acceptors (Lipinski definition) is 1. The number of rotatable bonds is 7. The van der Waals surface area contributed by atoms with E-state index in [1.165, 1.54) is 55.3 Å². The van der Waals surface area contributed by atoms with Crippen LogP contribution in [0.25, 0.3) is 55.3 Å². The maximum atomic E-state index is 2.46. The van der Waals surface area contributed by atoms with E-state index in [9.17, 15) is 0 Å². The minimum absolute atomic E-state index is 1.12. The molecule has 0 radical (unpaired) electrons. The van der Waals surface area contributed by atoms with E-state index in [-0.39, 0.29) is 0 Å². The van der Waals surface area contributed by atoms with E-state index in [4.69, 9.17) is 0 Å². The maximum absolute atomic E-state index is 2.46. The molecule has 0 aliphatic carbocycles. The van der Waals surface area contributed by atoms with Crippen molar-refractivity contribution in [1.82, 2.24) is 0 Å². The zero-order valence-corrected chi connectivity index (χ0v) is 26.0. The zero-order chi connectivity index (χ0) is 31.4. The predicted octanol–water partition coefficient (Wildman–Crippen LogP) is 13.0. The molecule has 47 heavy (non-hydrogen) atoms. The Labute approximate surface area is 276 Å². The van der Waals surface area contributed by atoms with Gasteiger partial charge in [0.15, 0.2) is 0 Å². The Balaban J connectivity index is 1.44. The normalized spacial score (nSPS) is 11.0. The van der Waals surface area contributed by atoms with Gasteiger partial charge in [-0.15, -0.1) is 0 Å². The van der Waals surface area contributed by atoms with Crippen LogP contribution in [0.4, 0.5) is 17.1 Å². The lowest BCUT2D eigenvalue weighted by Crippen LogP contribution is -2.13. The van der Waals surface area contributed by atoms with Gasteiger partial charge in [0.05, 0.1) is 17.1 Å². The molecule has 1 heteroatoms. The topological polar surface area (TPSA) is 3.24 Å². The first kappa shape index (κ1) is 28.3. The molecular weight excluding hydrogens is 567 g/mol. The number of hydrogen-bond donors (Lipinski definition) is 0. The summed E-state index contributed by atoms with van der Waals surface area (Å²) in [5.74, 6) is 0. The third kappa shape index (κ3) is 5.39. The van der Waals surface area contributed by atoms with E-state index in [1.807, 2.05) is 0 Å². The summed E-state index contributed by atoms with van der Waals surface area (Å²) in [4.78, 5) is 2.46. The first-order valence-corrected chi connectivity index (χ1v) is 16.1. The molecule has 0 aliphatic heterocycles. The molecule has 1 nitrogen and oxygen atoms in total. The van der Waals surface area contributed by atoms with Crippen molar-refractivity contribution in [3.8, 4) is 44.5 Å². The van der Waals surface area contributed by atoms with E-state index < -0.39 is 0 Å². The van der Waals surface area contributed by atoms with Gasteiger partial charge < -0.3 is 4.90 Å². The Hall–Kier alpha value is -6.18. The fraction of sp³-hybridized carbons (Fsp3) is 0. The molecular formula is C46H33N. The van der Waals surface area contributed by atoms with Crippen molar-refractivity contribution >= 4 is 27.8 Å². The van der Waals surface area contributed by atoms with Crippen LogP contribution in [0.5, 0.6) is 0 Å². The molecule has 0 fully saturated rings. The minimum atomic E-state index is 1.12. The summed E-state index contributed by atoms with van der Waals surface area (Å²) in [6.07, 6.45) is 0. The van der Waals surface area contributed by atoms with Gasteiger partial charge in [0.2, 0.25) is 0 Å². The van der Waals surface area contributed by atoms with Crippen LogP contribution < -0.4 is 4.90 Å². The van der Waals surface area contributed by atoms with Gasteiger partial charge in [0.1, 0.15) is 0 Å². The molecule has 0 spiro atoms. The molecule has 8 aromatic carbocycles. The van der Waals surface area contributed by atoms with Crippen LogP contribution in [0.2, 0.25) is 0 Å². The lowest BCUT2D eigenvalue weighted by atomic mass is 9.90. The van der Waals surface area contributed by atoms with E-state index in [0.717, 1.165) is 17.1 Å². The van der Waals surface area contributed by atoms with E-state index in [2.05, 4.69) is 205 Å². The van der Waals surface area contributed by atoms with Crippen LogP contribution in [0, 0.1) is 0 Å². The van der Waals surface area contributed by atoms with E-state index >= 15 is 0 Å². The fourth-order valence-electron chi connectivity index (χ4n) is 6.77. The monoisotopic (exact) mass is 599 g/mol. The molecule has 8 aromatic rings. The van der Waals surface area contributed by atoms with Crippen molar-refractivity contribution in [2.45, 2.75) is 0 Å². The van der Waals surface area contributed by atoms with Gasteiger partial charge in [0.25, 0.3) is 0 Å². The summed E-state index contributed by atoms with van der Waals surface area (Å²) >= 11 is 0. The molecule has 0 amide bonds. The van der Waals surface area contributed by atoms with E-state index in [1.54, 1.807) is 0 Å². The number of anilines is 3. The zero-order valence-electron chi connectivity index (χ0n) is 26.0. The molecule has 0 unspecified atom stereocenters. The molecule has 0 saturated carbocycles. The second-order valence-electron chi connectivity index (χ2n) is 11.7. The average Bonchev–Trinajstić information content (AvgIpc) is 3.16. The van der Waals surface area contributed by atoms with Crippen LogP contribution in [0.1, 0.15) is 0 Å². The SMILES string of the molecule is c1ccc(-c2ccccc2N(c2ccccc2-c2ccccc2)c2ccccc2-c2cccc3cccc(-c4ccccc4)c23)cc1. The highest BCUT2D eigenvalue weighted by molar-refractivity contribution is 6.09. The lowest BCUT2D eigenvalue weighted by molar-refractivity contribution is 1.28. The second kappa shape index (κ2) is 12.7. The van der Waals surface area contributed by atoms with Gasteiger partial charge in [-0.2, -0.15) is 0 Å². The van der Waals surface area contributed by atoms with Gasteiger partial charge in [-0.05, 0) is 56.8 Å². The van der Waals surface area contributed by atoms with Crippen LogP contribution >= 0.6 is 0 Å². The molecule has 0 aliphatic rings. The molecule has 222 valence electrons. The predicted molar refractivity (Wildman–Crippen MR) is 200 cm³/mol. The molecule has 8 rings (SSSR count). The highest BCUT2D eigenvalue weighted by Gasteiger charge is 2.23. The summed E-state index contributed by atoms with van der Waals surface area (Å²) in [5.41, 5.74) is 12.9. The molecule has 0 bridgehead atoms. The smallest absolute Gasteiger partial charge is 0.0540 e. The highest BCUT2D eigenvalue weighted by Crippen LogP contribution is 2.49. The van der Waals surface area contributed by atoms with Gasteiger partial charge in [0, 0.05) is 16.7 Å². The third-order valence-electron chi connectivity index (χ3n) is 8.88. The number of benzene rings is 8. The van der Waals surface area contributed by atoms with Crippen LogP contribution in [0.15, 0.2) is 200 Å². The molecule has 0 saturated heterocycles. The van der Waals surface area contributed by atoms with Crippen molar-refractivity contribution in [2.24, 2.45) is 0 Å². The highest BCUT2D eigenvalue weighted by atomic mass is 15.1. The largest absolute Gasteiger partial charge is 0.309 e. The Morgan fingerprint density at radius 1 is 0.234 bits per heavy atom. The summed E-state index contributed by atoms with van der Waals surface area (Å²) in [5, 5.41) is 2.47. The van der Waals surface area contributed by atoms with Crippen molar-refractivity contribution in [1.29, 1.82) is 0 Å². The number of fused-ring (bicyclic) bond motifs is 1. The molecule has 0 atom stereocenters. The van der Waals surface area contributed by atoms with Crippen molar-refractivity contribution in [3.63, 3.8) is 0 Å². The second-order valence-corrected chi connectivity index (χ2v) is 11.7. The standard InChI is InChI=1S/C46H33N/c1-4-18-34(19-5-1)38-26-10-13-31-43(38)47(44-32-14-11-27-39(44)35-20-6-2-7-21-35)45-33-15-12-28-41(45)42-30-17-25-37-24-16-29-40(46(37)42)36-22-8-3-9-23-36/h1-33H. The van der Waals surface area contributed by atoms with Crippen LogP contribution in [-0.4, -0.2) is 0 Å². The lowest BCUT2D eigenvalue weighted by Gasteiger charge is -2.32. The van der Waals surface area contributed by atoms with Crippen molar-refractivity contribution in [3.05, 3.63) is 200 Å². The Morgan fingerprint density at radius 3 is 1.06 bits per heavy atom. The average molecular weight is 600 g/mol. The van der Waals surface area contributed by atoms with Gasteiger partial charge in [-0.1, -0.05) is 182 Å². The molecule has 0 aromatic heterocycles. The Morgan fingerprint density at radius 2 is 0.574 bits per heavy atom. The summed E-state index contributed by atoms with van der Waals surface area (Å²) < 4.78 is 0. The number of nitrogens with zero attached hydrogens (tertiary/aromatic N) is 1. The minimum Gasteiger partial charge on any atom is -0.309 e. The first-order valence-electron chi connectivity index (χ1n) is 16.1. The summed E-state index contributed by atoms with van der Waals surface area (Å²) in [7, 11) is 0. The maximum Gasteiger partial charge on any atom is 0.0540 e. The van der Waals surface area contributed by atoms with Gasteiger partial charge in [-0.25, -0.2) is 0 Å². The fourth-order valence-corrected chi connectivity index (χ4v) is 6.77. The van der Waals surface area contributed by atoms with Gasteiger partial charge in [-0.3, -0.25) is 0 Å². The third-order valence-corrected chi connectivity index (χ3v) is 8.88. The Kier molecular flexibility index (Phi) is 7.63. The summed E-state index contributed by atoms with van der Waals surface area (Å²) in [6.45, 7) is 0. The molecule has 0 N–H and O–H groups in total. The van der Waals surface area contributed by atoms with Crippen molar-refractivity contribution < 1.29 is 0 Å². The molecule has 0 heterocycles. The van der Waals surface area contributed by atoms with E-state index in [0.29, 0.717) is 0 Å². The first-order chi connectivity index (χ1) is 23.4. The van der Waals surface area contributed by atoms with Gasteiger partial charge >= 0.3 is 0 Å². The summed E-state index contributed by atoms with van der Waals surface area (Å²) in [6, 6.07) is 71.8. The van der Waals surface area contributed by atoms with Crippen molar-refractivity contribution in [2.75, 3.05) is 4.90 Å². The van der Waals surface area contributed by atoms with Crippen LogP contribution in [0.3, 0.4) is 0 Å².